The van der Waals surface area contributed by atoms with Gasteiger partial charge in [-0.05, 0) is 39.7 Å². The van der Waals surface area contributed by atoms with Crippen LogP contribution in [0.2, 0.25) is 0 Å². The van der Waals surface area contributed by atoms with Crippen LogP contribution in [-0.4, -0.2) is 45.6 Å². The number of carbonyl (C=O) groups excluding carboxylic acids is 4. The molecule has 0 saturated carbocycles. The summed E-state index contributed by atoms with van der Waals surface area (Å²) in [5, 5.41) is 0.762. The number of ketones is 1. The summed E-state index contributed by atoms with van der Waals surface area (Å²) in [6, 6.07) is 6.34. The number of nitrogens with zero attached hydrogens (tertiary/aromatic N) is 1. The first-order chi connectivity index (χ1) is 14.3. The molecule has 1 saturated heterocycles. The number of carbonyl (C=O) groups is 4. The molecule has 1 aromatic carbocycles. The van der Waals surface area contributed by atoms with Crippen molar-refractivity contribution < 1.29 is 23.9 Å². The minimum absolute atomic E-state index is 0.331. The van der Waals surface area contributed by atoms with Gasteiger partial charge in [0.25, 0.3) is 0 Å². The molecule has 4 rings (SSSR count). The van der Waals surface area contributed by atoms with Crippen LogP contribution in [0.25, 0.3) is 10.9 Å². The lowest BCUT2D eigenvalue weighted by Gasteiger charge is -2.23. The van der Waals surface area contributed by atoms with Crippen molar-refractivity contribution in [3.63, 3.8) is 0 Å². The quantitative estimate of drug-likeness (QED) is 0.355. The van der Waals surface area contributed by atoms with Crippen LogP contribution in [0.5, 0.6) is 0 Å². The molecule has 0 unspecified atom stereocenters. The summed E-state index contributed by atoms with van der Waals surface area (Å²) >= 11 is 0. The van der Waals surface area contributed by atoms with E-state index in [0.717, 1.165) is 15.8 Å². The highest BCUT2D eigenvalue weighted by atomic mass is 16.5. The normalized spacial score (nSPS) is 22.8. The number of H-pyrrole nitrogens is 1. The van der Waals surface area contributed by atoms with E-state index in [1.165, 1.54) is 13.8 Å². The number of Topliss-reactive ketones (excluding diaryl/α,β-unsaturated/α-hetero) is 1. The Morgan fingerprint density at radius 3 is 2.30 bits per heavy atom. The van der Waals surface area contributed by atoms with Crippen molar-refractivity contribution in [1.29, 1.82) is 0 Å². The topological polar surface area (TPSA) is 96.5 Å². The molecular formula is C23H24N2O5. The molecule has 1 aromatic heterocycles. The molecule has 1 aliphatic carbocycles. The summed E-state index contributed by atoms with van der Waals surface area (Å²) in [7, 11) is 0. The van der Waals surface area contributed by atoms with Crippen LogP contribution in [0.4, 0.5) is 0 Å². The zero-order valence-corrected chi connectivity index (χ0v) is 17.2. The molecule has 2 aromatic rings. The molecule has 0 spiro atoms. The van der Waals surface area contributed by atoms with E-state index in [2.05, 4.69) is 4.98 Å². The molecule has 2 amide bonds. The highest BCUT2D eigenvalue weighted by Gasteiger charge is 2.50. The molecule has 30 heavy (non-hydrogen) atoms. The smallest absolute Gasteiger partial charge is 0.329 e. The number of likely N-dealkylation sites (tertiary alicyclic amines) is 1. The Balaban J connectivity index is 1.49. The second kappa shape index (κ2) is 7.55. The van der Waals surface area contributed by atoms with Crippen LogP contribution in [0.1, 0.15) is 42.7 Å². The lowest BCUT2D eigenvalue weighted by molar-refractivity contribution is -0.159. The minimum Gasteiger partial charge on any atom is -0.453 e. The first kappa shape index (κ1) is 20.1. The number of esters is 1. The van der Waals surface area contributed by atoms with E-state index in [9.17, 15) is 19.2 Å². The number of benzene rings is 1. The third-order valence-corrected chi connectivity index (χ3v) is 6.07. The lowest BCUT2D eigenvalue weighted by Crippen LogP contribution is -2.45. The van der Waals surface area contributed by atoms with Gasteiger partial charge in [0.15, 0.2) is 6.10 Å². The van der Waals surface area contributed by atoms with Crippen LogP contribution in [0.3, 0.4) is 0 Å². The van der Waals surface area contributed by atoms with E-state index < -0.39 is 30.0 Å². The number of rotatable bonds is 5. The van der Waals surface area contributed by atoms with Crippen molar-refractivity contribution in [2.45, 2.75) is 45.8 Å². The molecule has 7 nitrogen and oxygen atoms in total. The summed E-state index contributed by atoms with van der Waals surface area (Å²) in [5.41, 5.74) is 2.00. The number of ether oxygens (including phenoxy) is 1. The SMILES string of the molecule is Cc1[nH]c2ccccc2c1C(=O)[C@H](C)OC(=O)[C@H](C)N1C(=O)[C@H]2CC=CC[C@H]2C1=O. The van der Waals surface area contributed by atoms with Gasteiger partial charge in [0.2, 0.25) is 17.6 Å². The van der Waals surface area contributed by atoms with E-state index in [1.54, 1.807) is 6.92 Å². The van der Waals surface area contributed by atoms with Gasteiger partial charge >= 0.3 is 5.97 Å². The van der Waals surface area contributed by atoms with E-state index in [4.69, 9.17) is 4.74 Å². The number of aromatic amines is 1. The zero-order chi connectivity index (χ0) is 21.6. The molecule has 156 valence electrons. The largest absolute Gasteiger partial charge is 0.453 e. The Bertz CT molecular complexity index is 1060. The number of aryl methyl sites for hydroxylation is 1. The fourth-order valence-corrected chi connectivity index (χ4v) is 4.44. The molecule has 4 atom stereocenters. The molecule has 1 aliphatic heterocycles. The van der Waals surface area contributed by atoms with E-state index in [-0.39, 0.29) is 17.6 Å². The van der Waals surface area contributed by atoms with Gasteiger partial charge in [0.05, 0.1) is 11.8 Å². The Hall–Kier alpha value is -3.22. The van der Waals surface area contributed by atoms with Crippen molar-refractivity contribution >= 4 is 34.5 Å². The van der Waals surface area contributed by atoms with Gasteiger partial charge in [-0.1, -0.05) is 30.4 Å². The monoisotopic (exact) mass is 408 g/mol. The third-order valence-electron chi connectivity index (χ3n) is 6.07. The van der Waals surface area contributed by atoms with Gasteiger partial charge in [-0.2, -0.15) is 0 Å². The van der Waals surface area contributed by atoms with Crippen molar-refractivity contribution in [1.82, 2.24) is 9.88 Å². The molecule has 0 bridgehead atoms. The van der Waals surface area contributed by atoms with Gasteiger partial charge in [-0.25, -0.2) is 4.79 Å². The second-order valence-electron chi connectivity index (χ2n) is 7.99. The number of nitrogens with one attached hydrogen (secondary N) is 1. The summed E-state index contributed by atoms with van der Waals surface area (Å²) in [6.45, 7) is 4.77. The zero-order valence-electron chi connectivity index (χ0n) is 17.2. The van der Waals surface area contributed by atoms with Crippen molar-refractivity contribution in [2.24, 2.45) is 11.8 Å². The summed E-state index contributed by atoms with van der Waals surface area (Å²) in [6.07, 6.45) is 3.74. The fraction of sp³-hybridized carbons (Fsp3) is 0.391. The number of hydrogen-bond acceptors (Lipinski definition) is 5. The third kappa shape index (κ3) is 3.14. The van der Waals surface area contributed by atoms with Gasteiger partial charge in [-0.15, -0.1) is 0 Å². The maximum absolute atomic E-state index is 13.0. The molecule has 2 heterocycles. The van der Waals surface area contributed by atoms with E-state index in [0.29, 0.717) is 24.1 Å². The highest BCUT2D eigenvalue weighted by Crippen LogP contribution is 2.36. The Kier molecular flexibility index (Phi) is 5.05. The van der Waals surface area contributed by atoms with Crippen LogP contribution >= 0.6 is 0 Å². The number of allylic oxidation sites excluding steroid dienone is 2. The predicted molar refractivity (Wildman–Crippen MR) is 110 cm³/mol. The lowest BCUT2D eigenvalue weighted by atomic mass is 9.85. The van der Waals surface area contributed by atoms with Crippen molar-refractivity contribution in [2.75, 3.05) is 0 Å². The molecule has 7 heteroatoms. The molecule has 1 fully saturated rings. The average molecular weight is 408 g/mol. The molecule has 2 aliphatic rings. The molecule has 1 N–H and O–H groups in total. The predicted octanol–water partition coefficient (Wildman–Crippen LogP) is 2.93. The Morgan fingerprint density at radius 2 is 1.67 bits per heavy atom. The summed E-state index contributed by atoms with van der Waals surface area (Å²) in [4.78, 5) is 55.3. The summed E-state index contributed by atoms with van der Waals surface area (Å²) < 4.78 is 5.40. The highest BCUT2D eigenvalue weighted by molar-refractivity contribution is 6.12. The van der Waals surface area contributed by atoms with Crippen LogP contribution < -0.4 is 0 Å². The van der Waals surface area contributed by atoms with Crippen LogP contribution in [-0.2, 0) is 19.1 Å². The molecule has 0 radical (unpaired) electrons. The van der Waals surface area contributed by atoms with E-state index >= 15 is 0 Å². The Morgan fingerprint density at radius 1 is 1.07 bits per heavy atom. The van der Waals surface area contributed by atoms with Crippen molar-refractivity contribution in [3.8, 4) is 0 Å². The maximum Gasteiger partial charge on any atom is 0.329 e. The van der Waals surface area contributed by atoms with E-state index in [1.807, 2.05) is 36.4 Å². The van der Waals surface area contributed by atoms with Gasteiger partial charge in [0, 0.05) is 22.2 Å². The second-order valence-corrected chi connectivity index (χ2v) is 7.99. The molecular weight excluding hydrogens is 384 g/mol. The fourth-order valence-electron chi connectivity index (χ4n) is 4.44. The van der Waals surface area contributed by atoms with Gasteiger partial charge in [-0.3, -0.25) is 19.3 Å². The Labute approximate surface area is 174 Å². The maximum atomic E-state index is 13.0. The van der Waals surface area contributed by atoms with Gasteiger partial charge in [0.1, 0.15) is 6.04 Å². The first-order valence-electron chi connectivity index (χ1n) is 10.1. The van der Waals surface area contributed by atoms with Crippen LogP contribution in [0, 0.1) is 18.8 Å². The standard InChI is InChI=1S/C23H24N2O5/c1-12-19(17-10-6-7-11-18(17)24-12)20(26)14(3)30-23(29)13(2)25-21(27)15-8-4-5-9-16(15)22(25)28/h4-7,10-11,13-16,24H,8-9H2,1-3H3/t13-,14-,15-,16+/m0/s1. The van der Waals surface area contributed by atoms with Crippen LogP contribution in [0.15, 0.2) is 36.4 Å². The number of hydrogen-bond donors (Lipinski definition) is 1. The number of amides is 2. The number of imide groups is 1. The number of aromatic nitrogens is 1. The van der Waals surface area contributed by atoms with Crippen molar-refractivity contribution in [3.05, 3.63) is 47.7 Å². The summed E-state index contributed by atoms with van der Waals surface area (Å²) in [5.74, 6) is -2.60. The number of fused-ring (bicyclic) bond motifs is 2. The minimum atomic E-state index is -1.07. The van der Waals surface area contributed by atoms with Gasteiger partial charge < -0.3 is 9.72 Å². The first-order valence-corrected chi connectivity index (χ1v) is 10.1. The average Bonchev–Trinajstić information content (AvgIpc) is 3.20. The number of para-hydroxylation sites is 1.